The summed E-state index contributed by atoms with van der Waals surface area (Å²) in [7, 11) is -3.23. The number of piperidine rings is 2. The summed E-state index contributed by atoms with van der Waals surface area (Å²) in [6.45, 7) is 9.29. The van der Waals surface area contributed by atoms with Crippen LogP contribution in [0, 0.1) is 5.92 Å². The van der Waals surface area contributed by atoms with Crippen molar-refractivity contribution in [2.24, 2.45) is 5.92 Å². The lowest BCUT2D eigenvalue weighted by molar-refractivity contribution is 0.121. The Morgan fingerprint density at radius 2 is 1.32 bits per heavy atom. The molecule has 1 N–H and O–H groups in total. The fourth-order valence-corrected chi connectivity index (χ4v) is 5.54. The third-order valence-corrected chi connectivity index (χ3v) is 7.52. The first kappa shape index (κ1) is 16.6. The van der Waals surface area contributed by atoms with E-state index in [2.05, 4.69) is 17.1 Å². The van der Waals surface area contributed by atoms with Gasteiger partial charge >= 0.3 is 0 Å². The first-order valence-electron chi connectivity index (χ1n) is 8.77. The van der Waals surface area contributed by atoms with Gasteiger partial charge in [0.15, 0.2) is 0 Å². The Bertz CT molecular complexity index is 448. The molecule has 6 nitrogen and oxygen atoms in total. The molecular weight excluding hydrogens is 300 g/mol. The van der Waals surface area contributed by atoms with Crippen LogP contribution in [0.1, 0.15) is 32.6 Å². The predicted molar refractivity (Wildman–Crippen MR) is 87.9 cm³/mol. The first-order chi connectivity index (χ1) is 10.6. The number of hydrogen-bond acceptors (Lipinski definition) is 4. The summed E-state index contributed by atoms with van der Waals surface area (Å²) in [4.78, 5) is 2.53. The van der Waals surface area contributed by atoms with Crippen molar-refractivity contribution >= 4 is 10.2 Å². The lowest BCUT2D eigenvalue weighted by atomic mass is 10.0. The van der Waals surface area contributed by atoms with Gasteiger partial charge in [0.25, 0.3) is 10.2 Å². The summed E-state index contributed by atoms with van der Waals surface area (Å²) in [5, 5.41) is 3.38. The highest BCUT2D eigenvalue weighted by atomic mass is 32.2. The maximum absolute atomic E-state index is 12.8. The Balaban J connectivity index is 1.53. The van der Waals surface area contributed by atoms with Crippen LogP contribution in [0.4, 0.5) is 0 Å². The molecule has 0 amide bonds. The van der Waals surface area contributed by atoms with Gasteiger partial charge in [0.2, 0.25) is 0 Å². The van der Waals surface area contributed by atoms with E-state index in [1.54, 1.807) is 8.61 Å². The molecule has 3 aliphatic rings. The molecule has 3 rings (SSSR count). The molecule has 3 aliphatic heterocycles. The van der Waals surface area contributed by atoms with Gasteiger partial charge in [0.1, 0.15) is 0 Å². The molecule has 3 fully saturated rings. The second-order valence-corrected chi connectivity index (χ2v) is 8.93. The second-order valence-electron chi connectivity index (χ2n) is 7.01. The van der Waals surface area contributed by atoms with Gasteiger partial charge in [-0.1, -0.05) is 6.92 Å². The van der Waals surface area contributed by atoms with E-state index in [0.29, 0.717) is 38.1 Å². The molecule has 3 saturated heterocycles. The van der Waals surface area contributed by atoms with Crippen LogP contribution < -0.4 is 5.32 Å². The molecule has 3 heterocycles. The molecule has 0 saturated carbocycles. The molecule has 0 aromatic heterocycles. The number of rotatable bonds is 3. The second kappa shape index (κ2) is 7.13. The van der Waals surface area contributed by atoms with Crippen molar-refractivity contribution in [2.75, 3.05) is 52.4 Å². The Labute approximate surface area is 135 Å². The van der Waals surface area contributed by atoms with Crippen LogP contribution in [0.3, 0.4) is 0 Å². The molecule has 0 aromatic carbocycles. The monoisotopic (exact) mass is 330 g/mol. The SMILES string of the molecule is CC1CCN(S(=O)(=O)N2CCC(N3CCNCC3)CC2)CC1. The number of nitrogens with zero attached hydrogens (tertiary/aromatic N) is 3. The van der Waals surface area contributed by atoms with Gasteiger partial charge in [-0.3, -0.25) is 4.90 Å². The molecule has 0 spiro atoms. The van der Waals surface area contributed by atoms with Crippen molar-refractivity contribution in [1.29, 1.82) is 0 Å². The minimum absolute atomic E-state index is 0.565. The average Bonchev–Trinajstić information content (AvgIpc) is 2.56. The average molecular weight is 330 g/mol. The summed E-state index contributed by atoms with van der Waals surface area (Å²) in [6, 6.07) is 0.565. The van der Waals surface area contributed by atoms with E-state index in [0.717, 1.165) is 51.9 Å². The van der Waals surface area contributed by atoms with E-state index in [-0.39, 0.29) is 0 Å². The molecule has 0 atom stereocenters. The Morgan fingerprint density at radius 3 is 1.86 bits per heavy atom. The van der Waals surface area contributed by atoms with Gasteiger partial charge in [-0.15, -0.1) is 0 Å². The summed E-state index contributed by atoms with van der Waals surface area (Å²) in [5.41, 5.74) is 0. The van der Waals surface area contributed by atoms with Crippen molar-refractivity contribution in [3.05, 3.63) is 0 Å². The molecule has 0 radical (unpaired) electrons. The normalized spacial score (nSPS) is 29.0. The minimum Gasteiger partial charge on any atom is -0.314 e. The van der Waals surface area contributed by atoms with Crippen LogP contribution in [0.2, 0.25) is 0 Å². The summed E-state index contributed by atoms with van der Waals surface area (Å²) in [5.74, 6) is 0.657. The third kappa shape index (κ3) is 3.64. The number of hydrogen-bond donors (Lipinski definition) is 1. The number of piperazine rings is 1. The van der Waals surface area contributed by atoms with Gasteiger partial charge in [-0.05, 0) is 31.6 Å². The first-order valence-corrected chi connectivity index (χ1v) is 10.2. The van der Waals surface area contributed by atoms with Crippen molar-refractivity contribution in [3.8, 4) is 0 Å². The Hall–Kier alpha value is -0.210. The zero-order valence-corrected chi connectivity index (χ0v) is 14.5. The van der Waals surface area contributed by atoms with Crippen molar-refractivity contribution in [2.45, 2.75) is 38.6 Å². The smallest absolute Gasteiger partial charge is 0.281 e. The Morgan fingerprint density at radius 1 is 0.818 bits per heavy atom. The topological polar surface area (TPSA) is 55.9 Å². The molecule has 22 heavy (non-hydrogen) atoms. The van der Waals surface area contributed by atoms with E-state index < -0.39 is 10.2 Å². The highest BCUT2D eigenvalue weighted by Crippen LogP contribution is 2.24. The molecule has 7 heteroatoms. The molecule has 0 bridgehead atoms. The van der Waals surface area contributed by atoms with Gasteiger partial charge in [0, 0.05) is 58.4 Å². The van der Waals surface area contributed by atoms with Crippen LogP contribution >= 0.6 is 0 Å². The van der Waals surface area contributed by atoms with Crippen molar-refractivity contribution in [1.82, 2.24) is 18.8 Å². The highest BCUT2D eigenvalue weighted by molar-refractivity contribution is 7.86. The van der Waals surface area contributed by atoms with Gasteiger partial charge < -0.3 is 5.32 Å². The van der Waals surface area contributed by atoms with Crippen LogP contribution in [-0.4, -0.2) is 80.3 Å². The lowest BCUT2D eigenvalue weighted by Crippen LogP contribution is -2.54. The van der Waals surface area contributed by atoms with Crippen molar-refractivity contribution < 1.29 is 8.42 Å². The zero-order valence-electron chi connectivity index (χ0n) is 13.7. The molecule has 128 valence electrons. The number of nitrogens with one attached hydrogen (secondary N) is 1. The summed E-state index contributed by atoms with van der Waals surface area (Å²) >= 11 is 0. The zero-order chi connectivity index (χ0) is 15.6. The summed E-state index contributed by atoms with van der Waals surface area (Å²) < 4.78 is 28.9. The maximum Gasteiger partial charge on any atom is 0.281 e. The van der Waals surface area contributed by atoms with Gasteiger partial charge in [-0.25, -0.2) is 0 Å². The van der Waals surface area contributed by atoms with Crippen molar-refractivity contribution in [3.63, 3.8) is 0 Å². The van der Waals surface area contributed by atoms with Crippen LogP contribution in [-0.2, 0) is 10.2 Å². The minimum atomic E-state index is -3.23. The molecule has 0 unspecified atom stereocenters. The molecule has 0 aromatic rings. The fourth-order valence-electron chi connectivity index (χ4n) is 3.86. The Kier molecular flexibility index (Phi) is 5.39. The molecular formula is C15H30N4O2S. The van der Waals surface area contributed by atoms with Crippen LogP contribution in [0.5, 0.6) is 0 Å². The van der Waals surface area contributed by atoms with E-state index >= 15 is 0 Å². The van der Waals surface area contributed by atoms with Gasteiger partial charge in [-0.2, -0.15) is 17.0 Å². The molecule has 0 aliphatic carbocycles. The standard InChI is InChI=1S/C15H30N4O2S/c1-14-2-8-18(9-3-14)22(20,21)19-10-4-15(5-11-19)17-12-6-16-7-13-17/h14-16H,2-13H2,1H3. The van der Waals surface area contributed by atoms with E-state index in [9.17, 15) is 8.42 Å². The fraction of sp³-hybridized carbons (Fsp3) is 1.00. The lowest BCUT2D eigenvalue weighted by Gasteiger charge is -2.41. The van der Waals surface area contributed by atoms with Crippen LogP contribution in [0.15, 0.2) is 0 Å². The summed E-state index contributed by atoms with van der Waals surface area (Å²) in [6.07, 6.45) is 3.94. The van der Waals surface area contributed by atoms with Crippen LogP contribution in [0.25, 0.3) is 0 Å². The maximum atomic E-state index is 12.8. The quantitative estimate of drug-likeness (QED) is 0.810. The van der Waals surface area contributed by atoms with Gasteiger partial charge in [0.05, 0.1) is 0 Å². The largest absolute Gasteiger partial charge is 0.314 e. The predicted octanol–water partition coefficient (Wildman–Crippen LogP) is 0.333. The van der Waals surface area contributed by atoms with E-state index in [1.807, 2.05) is 0 Å². The van der Waals surface area contributed by atoms with E-state index in [1.165, 1.54) is 0 Å². The highest BCUT2D eigenvalue weighted by Gasteiger charge is 2.35. The third-order valence-electron chi connectivity index (χ3n) is 5.49. The van der Waals surface area contributed by atoms with E-state index in [4.69, 9.17) is 0 Å².